The highest BCUT2D eigenvalue weighted by atomic mass is 79.9. The van der Waals surface area contributed by atoms with Gasteiger partial charge in [0.05, 0.1) is 17.2 Å². The number of halogens is 3. The van der Waals surface area contributed by atoms with Crippen LogP contribution < -0.4 is 14.8 Å². The fraction of sp³-hybridized carbons (Fsp3) is 0.143. The highest BCUT2D eigenvalue weighted by Gasteiger charge is 2.14. The first-order valence-corrected chi connectivity index (χ1v) is 12.8. The van der Waals surface area contributed by atoms with E-state index in [0.717, 1.165) is 22.0 Å². The van der Waals surface area contributed by atoms with Crippen molar-refractivity contribution >= 4 is 62.0 Å². The van der Waals surface area contributed by atoms with E-state index in [2.05, 4.69) is 26.2 Å². The predicted molar refractivity (Wildman–Crippen MR) is 150 cm³/mol. The topological polar surface area (TPSA) is 87.1 Å². The zero-order chi connectivity index (χ0) is 26.4. The minimum absolute atomic E-state index is 0.0221. The van der Waals surface area contributed by atoms with E-state index in [-0.39, 0.29) is 12.2 Å². The zero-order valence-electron chi connectivity index (χ0n) is 19.8. The van der Waals surface area contributed by atoms with Crippen LogP contribution in [0.25, 0.3) is 17.0 Å². The van der Waals surface area contributed by atoms with Crippen LogP contribution in [0.15, 0.2) is 70.8 Å². The maximum Gasteiger partial charge on any atom is 0.261 e. The van der Waals surface area contributed by atoms with Crippen LogP contribution in [0.2, 0.25) is 10.0 Å². The number of carbonyl (C=O) groups excluding carboxylic acids is 1. The van der Waals surface area contributed by atoms with E-state index in [9.17, 15) is 10.1 Å². The number of aromatic amines is 1. The summed E-state index contributed by atoms with van der Waals surface area (Å²) in [6, 6.07) is 18.7. The Morgan fingerprint density at radius 1 is 1.14 bits per heavy atom. The van der Waals surface area contributed by atoms with E-state index in [1.165, 1.54) is 13.2 Å². The molecule has 0 fully saturated rings. The number of nitrogens with zero attached hydrogens (tertiary/aromatic N) is 1. The van der Waals surface area contributed by atoms with Gasteiger partial charge in [-0.25, -0.2) is 0 Å². The summed E-state index contributed by atoms with van der Waals surface area (Å²) in [4.78, 5) is 15.9. The lowest BCUT2D eigenvalue weighted by Crippen LogP contribution is -2.26. The maximum atomic E-state index is 12.7. The number of hydrogen-bond donors (Lipinski definition) is 2. The molecule has 0 saturated heterocycles. The van der Waals surface area contributed by atoms with E-state index in [1.54, 1.807) is 24.3 Å². The molecule has 0 spiro atoms. The van der Waals surface area contributed by atoms with E-state index in [0.29, 0.717) is 44.5 Å². The highest BCUT2D eigenvalue weighted by molar-refractivity contribution is 9.10. The summed E-state index contributed by atoms with van der Waals surface area (Å²) < 4.78 is 12.0. The van der Waals surface area contributed by atoms with E-state index in [4.69, 9.17) is 32.7 Å². The number of methoxy groups -OCH3 is 1. The Morgan fingerprint density at radius 3 is 2.70 bits per heavy atom. The van der Waals surface area contributed by atoms with E-state index in [1.807, 2.05) is 42.6 Å². The second kappa shape index (κ2) is 12.2. The molecular formula is C28H22BrCl2N3O3. The van der Waals surface area contributed by atoms with Gasteiger partial charge >= 0.3 is 0 Å². The molecule has 4 rings (SSSR count). The molecule has 0 bridgehead atoms. The van der Waals surface area contributed by atoms with Crippen molar-refractivity contribution in [2.45, 2.75) is 13.0 Å². The van der Waals surface area contributed by atoms with Crippen LogP contribution in [0.1, 0.15) is 16.7 Å². The molecule has 6 nitrogen and oxygen atoms in total. The largest absolute Gasteiger partial charge is 0.493 e. The summed E-state index contributed by atoms with van der Waals surface area (Å²) in [7, 11) is 1.52. The van der Waals surface area contributed by atoms with Gasteiger partial charge in [0.2, 0.25) is 0 Å². The number of ether oxygens (including phenoxy) is 2. The van der Waals surface area contributed by atoms with Gasteiger partial charge in [-0.05, 0) is 59.5 Å². The maximum absolute atomic E-state index is 12.7. The molecule has 0 radical (unpaired) electrons. The molecule has 0 aliphatic rings. The molecule has 2 N–H and O–H groups in total. The normalized spacial score (nSPS) is 11.3. The molecule has 188 valence electrons. The Bertz CT molecular complexity index is 1530. The van der Waals surface area contributed by atoms with Crippen molar-refractivity contribution in [3.05, 3.63) is 97.6 Å². The summed E-state index contributed by atoms with van der Waals surface area (Å²) in [5, 5.41) is 14.5. The predicted octanol–water partition coefficient (Wildman–Crippen LogP) is 7.09. The molecule has 1 amide bonds. The standard InChI is InChI=1S/C28H22BrCl2N3O3/c1-36-26-12-19(22(29)13-27(26)37-16-17-6-7-23(30)24(31)10-17)11-20(14-32)28(35)33-9-8-18-15-34-25-5-3-2-4-21(18)25/h2-7,10-13,15,34H,8-9,16H2,1H3,(H,33,35)/b20-11-. The number of hydrogen-bond acceptors (Lipinski definition) is 4. The number of fused-ring (bicyclic) bond motifs is 1. The minimum atomic E-state index is -0.451. The number of aromatic nitrogens is 1. The first kappa shape index (κ1) is 26.6. The summed E-state index contributed by atoms with van der Waals surface area (Å²) in [5.41, 5.74) is 3.56. The third-order valence-electron chi connectivity index (χ3n) is 5.68. The van der Waals surface area contributed by atoms with Crippen LogP contribution in [0.3, 0.4) is 0 Å². The van der Waals surface area contributed by atoms with Gasteiger partial charge in [0.15, 0.2) is 11.5 Å². The SMILES string of the molecule is COc1cc(/C=C(/C#N)C(=O)NCCc2c[nH]c3ccccc23)c(Br)cc1OCc1ccc(Cl)c(Cl)c1. The second-order valence-corrected chi connectivity index (χ2v) is 9.77. The average Bonchev–Trinajstić information content (AvgIpc) is 3.31. The summed E-state index contributed by atoms with van der Waals surface area (Å²) >= 11 is 15.6. The van der Waals surface area contributed by atoms with Gasteiger partial charge in [-0.2, -0.15) is 5.26 Å². The molecular weight excluding hydrogens is 577 g/mol. The molecule has 1 aromatic heterocycles. The lowest BCUT2D eigenvalue weighted by Gasteiger charge is -2.13. The van der Waals surface area contributed by atoms with Gasteiger partial charge in [-0.15, -0.1) is 0 Å². The minimum Gasteiger partial charge on any atom is -0.493 e. The Kier molecular flexibility index (Phi) is 8.78. The molecule has 1 heterocycles. The number of H-pyrrole nitrogens is 1. The Morgan fingerprint density at radius 2 is 1.95 bits per heavy atom. The molecule has 9 heteroatoms. The molecule has 0 atom stereocenters. The molecule has 4 aromatic rings. The first-order chi connectivity index (χ1) is 17.9. The van der Waals surface area contributed by atoms with Crippen molar-refractivity contribution in [3.8, 4) is 17.6 Å². The van der Waals surface area contributed by atoms with Crippen LogP contribution in [0, 0.1) is 11.3 Å². The fourth-order valence-corrected chi connectivity index (χ4v) is 4.53. The van der Waals surface area contributed by atoms with Crippen LogP contribution in [0.4, 0.5) is 0 Å². The Hall–Kier alpha value is -3.44. The van der Waals surface area contributed by atoms with Crippen LogP contribution in [-0.4, -0.2) is 24.5 Å². The molecule has 0 aliphatic carbocycles. The number of carbonyl (C=O) groups is 1. The molecule has 3 aromatic carbocycles. The van der Waals surface area contributed by atoms with Gasteiger partial charge in [-0.3, -0.25) is 4.79 Å². The van der Waals surface area contributed by atoms with Gasteiger partial charge in [0, 0.05) is 28.1 Å². The van der Waals surface area contributed by atoms with Crippen LogP contribution in [-0.2, 0) is 17.8 Å². The third-order valence-corrected chi connectivity index (χ3v) is 7.11. The number of nitrogens with one attached hydrogen (secondary N) is 2. The summed E-state index contributed by atoms with van der Waals surface area (Å²) in [6.45, 7) is 0.642. The lowest BCUT2D eigenvalue weighted by atomic mass is 10.1. The summed E-state index contributed by atoms with van der Waals surface area (Å²) in [5.74, 6) is 0.485. The molecule has 37 heavy (non-hydrogen) atoms. The number of para-hydroxylation sites is 1. The molecule has 0 aliphatic heterocycles. The van der Waals surface area contributed by atoms with Gasteiger partial charge in [-0.1, -0.05) is 63.4 Å². The van der Waals surface area contributed by atoms with Gasteiger partial charge in [0.25, 0.3) is 5.91 Å². The van der Waals surface area contributed by atoms with Crippen molar-refractivity contribution in [2.24, 2.45) is 0 Å². The monoisotopic (exact) mass is 597 g/mol. The fourth-order valence-electron chi connectivity index (χ4n) is 3.77. The lowest BCUT2D eigenvalue weighted by molar-refractivity contribution is -0.117. The van der Waals surface area contributed by atoms with E-state index >= 15 is 0 Å². The van der Waals surface area contributed by atoms with Crippen molar-refractivity contribution < 1.29 is 14.3 Å². The smallest absolute Gasteiger partial charge is 0.261 e. The van der Waals surface area contributed by atoms with Crippen molar-refractivity contribution in [2.75, 3.05) is 13.7 Å². The Labute approximate surface area is 232 Å². The second-order valence-electron chi connectivity index (χ2n) is 8.10. The molecule has 0 unspecified atom stereocenters. The third kappa shape index (κ3) is 6.47. The average molecular weight is 599 g/mol. The van der Waals surface area contributed by atoms with Crippen molar-refractivity contribution in [1.82, 2.24) is 10.3 Å². The van der Waals surface area contributed by atoms with Crippen LogP contribution >= 0.6 is 39.1 Å². The number of rotatable bonds is 9. The van der Waals surface area contributed by atoms with Crippen molar-refractivity contribution in [3.63, 3.8) is 0 Å². The number of benzene rings is 3. The van der Waals surface area contributed by atoms with Crippen molar-refractivity contribution in [1.29, 1.82) is 5.26 Å². The number of amides is 1. The van der Waals surface area contributed by atoms with Gasteiger partial charge in [0.1, 0.15) is 18.2 Å². The summed E-state index contributed by atoms with van der Waals surface area (Å²) in [6.07, 6.45) is 4.08. The van der Waals surface area contributed by atoms with E-state index < -0.39 is 5.91 Å². The van der Waals surface area contributed by atoms with Crippen LogP contribution in [0.5, 0.6) is 11.5 Å². The highest BCUT2D eigenvalue weighted by Crippen LogP contribution is 2.35. The van der Waals surface area contributed by atoms with Gasteiger partial charge < -0.3 is 19.8 Å². The zero-order valence-corrected chi connectivity index (χ0v) is 22.9. The molecule has 0 saturated carbocycles. The first-order valence-electron chi connectivity index (χ1n) is 11.3. The quantitative estimate of drug-likeness (QED) is 0.159. The Balaban J connectivity index is 1.44. The number of nitriles is 1.